The quantitative estimate of drug-likeness (QED) is 0.678. The van der Waals surface area contributed by atoms with Crippen LogP contribution < -0.4 is 14.3 Å². The van der Waals surface area contributed by atoms with Gasteiger partial charge in [0.15, 0.2) is 11.5 Å². The fourth-order valence-corrected chi connectivity index (χ4v) is 3.07. The number of nitrogens with one attached hydrogen (secondary N) is 1. The molecule has 23 heavy (non-hydrogen) atoms. The number of hydrogen-bond donors (Lipinski definition) is 1. The van der Waals surface area contributed by atoms with Crippen LogP contribution in [0.2, 0.25) is 5.02 Å². The lowest BCUT2D eigenvalue weighted by atomic mass is 10.2. The van der Waals surface area contributed by atoms with Crippen molar-refractivity contribution in [3.8, 4) is 11.5 Å². The van der Waals surface area contributed by atoms with E-state index in [9.17, 15) is 8.42 Å². The molecule has 3 rings (SSSR count). The maximum Gasteiger partial charge on any atom is 0.276 e. The zero-order chi connectivity index (χ0) is 16.4. The first kappa shape index (κ1) is 15.6. The first-order valence-corrected chi connectivity index (χ1v) is 8.52. The van der Waals surface area contributed by atoms with Crippen LogP contribution in [0.4, 0.5) is 0 Å². The van der Waals surface area contributed by atoms with Crippen molar-refractivity contribution in [2.24, 2.45) is 5.10 Å². The van der Waals surface area contributed by atoms with Crippen LogP contribution in [-0.2, 0) is 10.0 Å². The molecule has 0 saturated heterocycles. The number of benzene rings is 2. The number of hydrogen-bond acceptors (Lipinski definition) is 5. The van der Waals surface area contributed by atoms with Crippen molar-refractivity contribution < 1.29 is 17.9 Å². The number of halogens is 1. The molecule has 1 heterocycles. The highest BCUT2D eigenvalue weighted by Crippen LogP contribution is 2.39. The first-order valence-electron chi connectivity index (χ1n) is 6.66. The highest BCUT2D eigenvalue weighted by molar-refractivity contribution is 7.89. The molecule has 6 nitrogen and oxygen atoms in total. The molecule has 1 aliphatic rings. The van der Waals surface area contributed by atoms with Gasteiger partial charge in [-0.3, -0.25) is 0 Å². The summed E-state index contributed by atoms with van der Waals surface area (Å²) in [7, 11) is -3.71. The van der Waals surface area contributed by atoms with Gasteiger partial charge in [-0.1, -0.05) is 29.3 Å². The average Bonchev–Trinajstić information content (AvgIpc) is 2.96. The second-order valence-electron chi connectivity index (χ2n) is 4.90. The SMILES string of the molecule is Cc1ccc(S(=O)(=O)N/N=C\c2cc(Cl)c3c(c2)OCO3)cc1. The molecule has 0 aromatic heterocycles. The van der Waals surface area contributed by atoms with Crippen molar-refractivity contribution in [3.63, 3.8) is 0 Å². The maximum atomic E-state index is 12.1. The number of fused-ring (bicyclic) bond motifs is 1. The summed E-state index contributed by atoms with van der Waals surface area (Å²) in [5.41, 5.74) is 1.56. The van der Waals surface area contributed by atoms with Gasteiger partial charge in [0.25, 0.3) is 10.0 Å². The van der Waals surface area contributed by atoms with E-state index in [1.807, 2.05) is 6.92 Å². The monoisotopic (exact) mass is 352 g/mol. The first-order chi connectivity index (χ1) is 11.0. The average molecular weight is 353 g/mol. The van der Waals surface area contributed by atoms with Gasteiger partial charge in [0, 0.05) is 0 Å². The molecule has 1 N–H and O–H groups in total. The number of ether oxygens (including phenoxy) is 2. The Morgan fingerprint density at radius 3 is 2.70 bits per heavy atom. The summed E-state index contributed by atoms with van der Waals surface area (Å²) in [5, 5.41) is 4.14. The molecule has 2 aromatic carbocycles. The molecule has 0 spiro atoms. The standard InChI is InChI=1S/C15H13ClN2O4S/c1-10-2-4-12(5-3-10)23(19,20)18-17-8-11-6-13(16)15-14(7-11)21-9-22-15/h2-8,18H,9H2,1H3/b17-8-. The summed E-state index contributed by atoms with van der Waals surface area (Å²) in [4.78, 5) is 2.30. The van der Waals surface area contributed by atoms with Crippen LogP contribution in [0, 0.1) is 6.92 Å². The Balaban J connectivity index is 1.76. The lowest BCUT2D eigenvalue weighted by Crippen LogP contribution is -2.18. The number of sulfonamides is 1. The van der Waals surface area contributed by atoms with Crippen LogP contribution in [0.15, 0.2) is 46.4 Å². The van der Waals surface area contributed by atoms with Crippen LogP contribution in [-0.4, -0.2) is 21.4 Å². The number of hydrazone groups is 1. The van der Waals surface area contributed by atoms with E-state index < -0.39 is 10.0 Å². The van der Waals surface area contributed by atoms with E-state index >= 15 is 0 Å². The van der Waals surface area contributed by atoms with E-state index in [0.29, 0.717) is 22.1 Å². The van der Waals surface area contributed by atoms with Crippen molar-refractivity contribution >= 4 is 27.8 Å². The molecule has 1 aliphatic heterocycles. The van der Waals surface area contributed by atoms with Gasteiger partial charge in [0.1, 0.15) is 0 Å². The molecule has 0 atom stereocenters. The molecule has 0 bridgehead atoms. The summed E-state index contributed by atoms with van der Waals surface area (Å²) in [5.74, 6) is 0.976. The summed E-state index contributed by atoms with van der Waals surface area (Å²) in [6.45, 7) is 1.99. The smallest absolute Gasteiger partial charge is 0.276 e. The minimum atomic E-state index is -3.71. The highest BCUT2D eigenvalue weighted by atomic mass is 35.5. The third kappa shape index (κ3) is 3.40. The molecule has 8 heteroatoms. The van der Waals surface area contributed by atoms with Crippen LogP contribution in [0.3, 0.4) is 0 Å². The molecule has 2 aromatic rings. The number of aryl methyl sites for hydroxylation is 1. The summed E-state index contributed by atoms with van der Waals surface area (Å²) >= 11 is 6.05. The van der Waals surface area contributed by atoms with Gasteiger partial charge in [-0.05, 0) is 36.8 Å². The fourth-order valence-electron chi connectivity index (χ4n) is 2.00. The van der Waals surface area contributed by atoms with Gasteiger partial charge in [-0.25, -0.2) is 4.83 Å². The van der Waals surface area contributed by atoms with Gasteiger partial charge in [-0.2, -0.15) is 13.5 Å². The second kappa shape index (κ2) is 6.10. The maximum absolute atomic E-state index is 12.1. The minimum absolute atomic E-state index is 0.107. The van der Waals surface area contributed by atoms with Gasteiger partial charge in [-0.15, -0.1) is 0 Å². The van der Waals surface area contributed by atoms with E-state index in [1.165, 1.54) is 18.3 Å². The molecule has 0 unspecified atom stereocenters. The largest absolute Gasteiger partial charge is 0.454 e. The molecular formula is C15H13ClN2O4S. The van der Waals surface area contributed by atoms with Crippen LogP contribution in [0.1, 0.15) is 11.1 Å². The molecule has 0 saturated carbocycles. The summed E-state index contributed by atoms with van der Waals surface area (Å²) < 4.78 is 34.6. The summed E-state index contributed by atoms with van der Waals surface area (Å²) in [6, 6.07) is 9.75. The predicted octanol–water partition coefficient (Wildman–Crippen LogP) is 2.69. The van der Waals surface area contributed by atoms with Crippen LogP contribution in [0.25, 0.3) is 0 Å². The third-order valence-electron chi connectivity index (χ3n) is 3.17. The van der Waals surface area contributed by atoms with Crippen molar-refractivity contribution in [3.05, 3.63) is 52.5 Å². The zero-order valence-corrected chi connectivity index (χ0v) is 13.7. The Morgan fingerprint density at radius 2 is 1.96 bits per heavy atom. The number of nitrogens with zero attached hydrogens (tertiary/aromatic N) is 1. The molecule has 0 radical (unpaired) electrons. The lowest BCUT2D eigenvalue weighted by molar-refractivity contribution is 0.174. The molecule has 0 amide bonds. The Kier molecular flexibility index (Phi) is 4.14. The topological polar surface area (TPSA) is 77.0 Å². The van der Waals surface area contributed by atoms with E-state index in [2.05, 4.69) is 9.93 Å². The lowest BCUT2D eigenvalue weighted by Gasteiger charge is -2.04. The minimum Gasteiger partial charge on any atom is -0.454 e. The molecule has 120 valence electrons. The molecule has 0 fully saturated rings. The fraction of sp³-hybridized carbons (Fsp3) is 0.133. The van der Waals surface area contributed by atoms with Crippen molar-refractivity contribution in [1.29, 1.82) is 0 Å². The van der Waals surface area contributed by atoms with Crippen molar-refractivity contribution in [2.45, 2.75) is 11.8 Å². The van der Waals surface area contributed by atoms with E-state index in [-0.39, 0.29) is 11.7 Å². The number of rotatable bonds is 4. The molecule has 0 aliphatic carbocycles. The summed E-state index contributed by atoms with van der Waals surface area (Å²) in [6.07, 6.45) is 1.35. The third-order valence-corrected chi connectivity index (χ3v) is 4.69. The van der Waals surface area contributed by atoms with E-state index in [1.54, 1.807) is 24.3 Å². The van der Waals surface area contributed by atoms with Gasteiger partial charge < -0.3 is 9.47 Å². The van der Waals surface area contributed by atoms with Gasteiger partial charge in [0.05, 0.1) is 16.1 Å². The normalized spacial score (nSPS) is 13.5. The highest BCUT2D eigenvalue weighted by Gasteiger charge is 2.18. The van der Waals surface area contributed by atoms with Crippen LogP contribution in [0.5, 0.6) is 11.5 Å². The van der Waals surface area contributed by atoms with Crippen molar-refractivity contribution in [2.75, 3.05) is 6.79 Å². The Morgan fingerprint density at radius 1 is 1.22 bits per heavy atom. The van der Waals surface area contributed by atoms with Crippen molar-refractivity contribution in [1.82, 2.24) is 4.83 Å². The van der Waals surface area contributed by atoms with E-state index in [0.717, 1.165) is 5.56 Å². The zero-order valence-electron chi connectivity index (χ0n) is 12.1. The predicted molar refractivity (Wildman–Crippen MR) is 86.7 cm³/mol. The second-order valence-corrected chi connectivity index (χ2v) is 6.97. The van der Waals surface area contributed by atoms with E-state index in [4.69, 9.17) is 21.1 Å². The Bertz CT molecular complexity index is 864. The Labute approximate surface area is 138 Å². The van der Waals surface area contributed by atoms with Gasteiger partial charge in [0.2, 0.25) is 6.79 Å². The van der Waals surface area contributed by atoms with Gasteiger partial charge >= 0.3 is 0 Å². The molecular weight excluding hydrogens is 340 g/mol. The Hall–Kier alpha value is -2.25. The van der Waals surface area contributed by atoms with Crippen LogP contribution >= 0.6 is 11.6 Å².